The molecule has 1 fully saturated rings. The van der Waals surface area contributed by atoms with Gasteiger partial charge in [-0.3, -0.25) is 9.59 Å². The van der Waals surface area contributed by atoms with Crippen LogP contribution in [0.5, 0.6) is 0 Å². The van der Waals surface area contributed by atoms with E-state index >= 15 is 0 Å². The Bertz CT molecular complexity index is 737. The van der Waals surface area contributed by atoms with Crippen molar-refractivity contribution in [3.63, 3.8) is 0 Å². The second-order valence-corrected chi connectivity index (χ2v) is 8.54. The Morgan fingerprint density at radius 1 is 1.07 bits per heavy atom. The Balaban J connectivity index is 1.82. The monoisotopic (exact) mass is 395 g/mol. The van der Waals surface area contributed by atoms with E-state index in [1.165, 1.54) is 4.31 Å². The van der Waals surface area contributed by atoms with Crippen molar-refractivity contribution in [1.82, 2.24) is 14.5 Å². The van der Waals surface area contributed by atoms with Crippen LogP contribution in [0.2, 0.25) is 0 Å². The zero-order valence-electron chi connectivity index (χ0n) is 16.1. The first-order chi connectivity index (χ1) is 12.9. The molecule has 0 aliphatic carbocycles. The maximum Gasteiger partial charge on any atom is 0.243 e. The SMILES string of the molecule is CCN(CC)S(=O)(=O)c1ccc(CCC(=O)NCC(=O)N2CCCC2)cc1. The van der Waals surface area contributed by atoms with Gasteiger partial charge in [-0.1, -0.05) is 26.0 Å². The quantitative estimate of drug-likeness (QED) is 0.684. The van der Waals surface area contributed by atoms with Crippen LogP contribution in [0.1, 0.15) is 38.7 Å². The van der Waals surface area contributed by atoms with E-state index in [0.29, 0.717) is 19.5 Å². The van der Waals surface area contributed by atoms with Gasteiger partial charge in [-0.15, -0.1) is 0 Å². The van der Waals surface area contributed by atoms with Gasteiger partial charge < -0.3 is 10.2 Å². The summed E-state index contributed by atoms with van der Waals surface area (Å²) in [5, 5.41) is 2.66. The van der Waals surface area contributed by atoms with E-state index in [2.05, 4.69) is 5.32 Å². The van der Waals surface area contributed by atoms with Crippen molar-refractivity contribution < 1.29 is 18.0 Å². The molecule has 2 rings (SSSR count). The van der Waals surface area contributed by atoms with Gasteiger partial charge in [0.15, 0.2) is 0 Å². The minimum absolute atomic E-state index is 0.0354. The molecule has 0 saturated carbocycles. The van der Waals surface area contributed by atoms with Crippen molar-refractivity contribution in [2.24, 2.45) is 0 Å². The zero-order chi connectivity index (χ0) is 19.9. The molecule has 0 spiro atoms. The van der Waals surface area contributed by atoms with Crippen molar-refractivity contribution in [2.45, 2.75) is 44.4 Å². The highest BCUT2D eigenvalue weighted by Crippen LogP contribution is 2.17. The number of nitrogens with zero attached hydrogens (tertiary/aromatic N) is 2. The summed E-state index contributed by atoms with van der Waals surface area (Å²) in [6.45, 7) is 6.06. The van der Waals surface area contributed by atoms with Crippen molar-refractivity contribution >= 4 is 21.8 Å². The first-order valence-corrected chi connectivity index (χ1v) is 11.0. The zero-order valence-corrected chi connectivity index (χ0v) is 16.9. The van der Waals surface area contributed by atoms with E-state index in [1.807, 2.05) is 13.8 Å². The minimum atomic E-state index is -3.46. The summed E-state index contributed by atoms with van der Waals surface area (Å²) in [6, 6.07) is 6.63. The van der Waals surface area contributed by atoms with Crippen LogP contribution < -0.4 is 5.32 Å². The summed E-state index contributed by atoms with van der Waals surface area (Å²) in [4.78, 5) is 25.9. The number of sulfonamides is 1. The van der Waals surface area contributed by atoms with E-state index in [9.17, 15) is 18.0 Å². The fourth-order valence-electron chi connectivity index (χ4n) is 3.14. The number of aryl methyl sites for hydroxylation is 1. The molecule has 1 heterocycles. The van der Waals surface area contributed by atoms with Crippen molar-refractivity contribution in [3.05, 3.63) is 29.8 Å². The van der Waals surface area contributed by atoms with Gasteiger partial charge in [0, 0.05) is 32.6 Å². The number of benzene rings is 1. The van der Waals surface area contributed by atoms with Crippen molar-refractivity contribution in [2.75, 3.05) is 32.7 Å². The number of nitrogens with one attached hydrogen (secondary N) is 1. The van der Waals surface area contributed by atoms with E-state index in [1.54, 1.807) is 29.2 Å². The van der Waals surface area contributed by atoms with Crippen molar-refractivity contribution in [1.29, 1.82) is 0 Å². The average molecular weight is 396 g/mol. The summed E-state index contributed by atoms with van der Waals surface area (Å²) in [5.41, 5.74) is 0.884. The molecule has 150 valence electrons. The lowest BCUT2D eigenvalue weighted by Crippen LogP contribution is -2.38. The fraction of sp³-hybridized carbons (Fsp3) is 0.579. The van der Waals surface area contributed by atoms with E-state index in [-0.39, 0.29) is 29.7 Å². The molecule has 0 aromatic heterocycles. The van der Waals surface area contributed by atoms with Crippen molar-refractivity contribution in [3.8, 4) is 0 Å². The molecule has 1 aliphatic heterocycles. The molecule has 8 heteroatoms. The third kappa shape index (κ3) is 5.77. The largest absolute Gasteiger partial charge is 0.347 e. The molecule has 27 heavy (non-hydrogen) atoms. The van der Waals surface area contributed by atoms with Crippen LogP contribution in [0.15, 0.2) is 29.2 Å². The van der Waals surface area contributed by atoms with Gasteiger partial charge in [-0.2, -0.15) is 4.31 Å². The van der Waals surface area contributed by atoms with Gasteiger partial charge in [-0.05, 0) is 37.0 Å². The Morgan fingerprint density at radius 3 is 2.22 bits per heavy atom. The summed E-state index contributed by atoms with van der Waals surface area (Å²) < 4.78 is 26.3. The maximum atomic E-state index is 12.5. The highest BCUT2D eigenvalue weighted by molar-refractivity contribution is 7.89. The maximum absolute atomic E-state index is 12.5. The highest BCUT2D eigenvalue weighted by Gasteiger charge is 2.21. The Labute approximate surface area is 161 Å². The van der Waals surface area contributed by atoms with E-state index in [0.717, 1.165) is 31.5 Å². The third-order valence-electron chi connectivity index (χ3n) is 4.80. The molecule has 0 bridgehead atoms. The normalized spacial score (nSPS) is 14.6. The summed E-state index contributed by atoms with van der Waals surface area (Å²) in [7, 11) is -3.46. The third-order valence-corrected chi connectivity index (χ3v) is 6.87. The lowest BCUT2D eigenvalue weighted by Gasteiger charge is -2.18. The van der Waals surface area contributed by atoms with Gasteiger partial charge in [-0.25, -0.2) is 8.42 Å². The molecule has 0 radical (unpaired) electrons. The molecule has 2 amide bonds. The molecule has 0 unspecified atom stereocenters. The minimum Gasteiger partial charge on any atom is -0.347 e. The molecule has 1 saturated heterocycles. The molecule has 7 nitrogen and oxygen atoms in total. The summed E-state index contributed by atoms with van der Waals surface area (Å²) >= 11 is 0. The topological polar surface area (TPSA) is 86.8 Å². The van der Waals surface area contributed by atoms with Gasteiger partial charge in [0.05, 0.1) is 11.4 Å². The van der Waals surface area contributed by atoms with Crippen LogP contribution in [0, 0.1) is 0 Å². The Morgan fingerprint density at radius 2 is 1.67 bits per heavy atom. The lowest BCUT2D eigenvalue weighted by molar-refractivity contribution is -0.132. The second kappa shape index (κ2) is 9.85. The first kappa shape index (κ1) is 21.4. The van der Waals surface area contributed by atoms with E-state index in [4.69, 9.17) is 0 Å². The van der Waals surface area contributed by atoms with Crippen LogP contribution in [-0.4, -0.2) is 62.2 Å². The van der Waals surface area contributed by atoms with Crippen LogP contribution in [0.4, 0.5) is 0 Å². The molecule has 1 aromatic rings. The number of hydrogen-bond acceptors (Lipinski definition) is 4. The number of carbonyl (C=O) groups is 2. The van der Waals surface area contributed by atoms with Gasteiger partial charge in [0.25, 0.3) is 0 Å². The number of likely N-dealkylation sites (tertiary alicyclic amines) is 1. The number of hydrogen-bond donors (Lipinski definition) is 1. The van der Waals surface area contributed by atoms with Crippen LogP contribution in [-0.2, 0) is 26.0 Å². The molecule has 0 atom stereocenters. The van der Waals surface area contributed by atoms with Gasteiger partial charge in [0.1, 0.15) is 0 Å². The summed E-state index contributed by atoms with van der Waals surface area (Å²) in [6.07, 6.45) is 2.81. The molecular formula is C19H29N3O4S. The smallest absolute Gasteiger partial charge is 0.243 e. The van der Waals surface area contributed by atoms with Gasteiger partial charge >= 0.3 is 0 Å². The van der Waals surface area contributed by atoms with Crippen LogP contribution in [0.25, 0.3) is 0 Å². The van der Waals surface area contributed by atoms with Crippen LogP contribution >= 0.6 is 0 Å². The van der Waals surface area contributed by atoms with Gasteiger partial charge in [0.2, 0.25) is 21.8 Å². The molecular weight excluding hydrogens is 366 g/mol. The highest BCUT2D eigenvalue weighted by atomic mass is 32.2. The molecule has 1 N–H and O–H groups in total. The van der Waals surface area contributed by atoms with Crippen LogP contribution in [0.3, 0.4) is 0 Å². The number of carbonyl (C=O) groups excluding carboxylic acids is 2. The predicted octanol–water partition coefficient (Wildman–Crippen LogP) is 1.39. The molecule has 1 aliphatic rings. The predicted molar refractivity (Wildman–Crippen MR) is 104 cm³/mol. The lowest BCUT2D eigenvalue weighted by atomic mass is 10.1. The number of amides is 2. The summed E-state index contributed by atoms with van der Waals surface area (Å²) in [5.74, 6) is -0.214. The van der Waals surface area contributed by atoms with E-state index < -0.39 is 10.0 Å². The average Bonchev–Trinajstić information content (AvgIpc) is 3.20. The second-order valence-electron chi connectivity index (χ2n) is 6.60. The number of rotatable bonds is 9. The fourth-order valence-corrected chi connectivity index (χ4v) is 4.60. The Kier molecular flexibility index (Phi) is 7.79. The Hall–Kier alpha value is -1.93. The standard InChI is InChI=1S/C19H29N3O4S/c1-3-22(4-2)27(25,26)17-10-7-16(8-11-17)9-12-18(23)20-15-19(24)21-13-5-6-14-21/h7-8,10-11H,3-6,9,12-15H2,1-2H3,(H,20,23). The molecule has 1 aromatic carbocycles. The first-order valence-electron chi connectivity index (χ1n) is 9.52.